The summed E-state index contributed by atoms with van der Waals surface area (Å²) in [6, 6.07) is 0.126. The van der Waals surface area contributed by atoms with Crippen LogP contribution in [0.15, 0.2) is 14.8 Å². The molecular weight excluding hydrogens is 168 g/mol. The van der Waals surface area contributed by atoms with E-state index in [1.165, 1.54) is 0 Å². The van der Waals surface area contributed by atoms with E-state index in [2.05, 4.69) is 20.0 Å². The average Bonchev–Trinajstić information content (AvgIpc) is 2.02. The van der Waals surface area contributed by atoms with Gasteiger partial charge in [0.25, 0.3) is 5.56 Å². The van der Waals surface area contributed by atoms with Gasteiger partial charge in [0.15, 0.2) is 10.8 Å². The zero-order chi connectivity index (χ0) is 9.42. The van der Waals surface area contributed by atoms with Crippen molar-refractivity contribution in [2.45, 2.75) is 19.9 Å². The van der Waals surface area contributed by atoms with Crippen LogP contribution in [0.4, 0.5) is 0 Å². The lowest BCUT2D eigenvalue weighted by Gasteiger charge is -2.05. The van der Waals surface area contributed by atoms with Crippen LogP contribution in [0, 0.1) is 6.92 Å². The predicted molar refractivity (Wildman–Crippen MR) is 46.2 cm³/mol. The van der Waals surface area contributed by atoms with Crippen LogP contribution in [-0.4, -0.2) is 22.6 Å². The molecule has 1 aliphatic rings. The minimum atomic E-state index is -0.196. The normalized spacial score (nSPS) is 20.0. The van der Waals surface area contributed by atoms with Gasteiger partial charge in [0, 0.05) is 0 Å². The van der Waals surface area contributed by atoms with E-state index in [1.54, 1.807) is 6.92 Å². The van der Waals surface area contributed by atoms with Crippen molar-refractivity contribution in [1.29, 1.82) is 0 Å². The van der Waals surface area contributed by atoms with Crippen molar-refractivity contribution in [2.75, 3.05) is 6.54 Å². The van der Waals surface area contributed by atoms with E-state index in [4.69, 9.17) is 0 Å². The molecule has 0 saturated carbocycles. The van der Waals surface area contributed by atoms with Crippen molar-refractivity contribution in [3.05, 3.63) is 27.0 Å². The molecule has 68 valence electrons. The van der Waals surface area contributed by atoms with Crippen molar-refractivity contribution in [3.63, 3.8) is 0 Å². The van der Waals surface area contributed by atoms with E-state index in [1.807, 2.05) is 6.92 Å². The lowest BCUT2D eigenvalue weighted by Crippen LogP contribution is -2.47. The fourth-order valence-corrected chi connectivity index (χ4v) is 1.27. The zero-order valence-corrected chi connectivity index (χ0v) is 7.53. The smallest absolute Gasteiger partial charge is 0.278 e. The van der Waals surface area contributed by atoms with Gasteiger partial charge in [0.1, 0.15) is 5.82 Å². The summed E-state index contributed by atoms with van der Waals surface area (Å²) in [5.74, 6) is 0.580. The van der Waals surface area contributed by atoms with Crippen LogP contribution < -0.4 is 16.4 Å². The van der Waals surface area contributed by atoms with Gasteiger partial charge in [-0.1, -0.05) is 0 Å². The van der Waals surface area contributed by atoms with E-state index >= 15 is 0 Å². The Kier molecular flexibility index (Phi) is 1.72. The maximum Gasteiger partial charge on any atom is 0.278 e. The molecule has 1 aromatic heterocycles. The van der Waals surface area contributed by atoms with Gasteiger partial charge in [0.2, 0.25) is 0 Å². The van der Waals surface area contributed by atoms with Crippen LogP contribution in [0.3, 0.4) is 0 Å². The second-order valence-corrected chi connectivity index (χ2v) is 3.14. The quantitative estimate of drug-likeness (QED) is 0.537. The summed E-state index contributed by atoms with van der Waals surface area (Å²) in [5.41, 5.74) is 0.276. The Hall–Kier alpha value is -1.52. The summed E-state index contributed by atoms with van der Waals surface area (Å²) in [6.07, 6.45) is 0. The highest BCUT2D eigenvalue weighted by molar-refractivity contribution is 4.91. The molecule has 0 aromatic carbocycles. The number of H-pyrrole nitrogens is 1. The zero-order valence-electron chi connectivity index (χ0n) is 7.53. The Morgan fingerprint density at radius 1 is 1.54 bits per heavy atom. The maximum absolute atomic E-state index is 11.3. The summed E-state index contributed by atoms with van der Waals surface area (Å²) in [5, 5.41) is 0.365. The third kappa shape index (κ3) is 1.37. The third-order valence-electron chi connectivity index (χ3n) is 1.85. The number of fused-ring (bicyclic) bond motifs is 1. The number of aromatic nitrogens is 2. The van der Waals surface area contributed by atoms with Crippen LogP contribution in [-0.2, 0) is 0 Å². The van der Waals surface area contributed by atoms with E-state index in [9.17, 15) is 4.79 Å². The first-order chi connectivity index (χ1) is 6.16. The molecule has 1 aliphatic heterocycles. The van der Waals surface area contributed by atoms with E-state index < -0.39 is 0 Å². The molecule has 1 N–H and O–H groups in total. The van der Waals surface area contributed by atoms with Gasteiger partial charge in [-0.05, 0) is 13.8 Å². The maximum atomic E-state index is 11.3. The highest BCUT2D eigenvalue weighted by atomic mass is 16.1. The topological polar surface area (TPSA) is 70.5 Å². The van der Waals surface area contributed by atoms with Crippen LogP contribution in [0.25, 0.3) is 0 Å². The molecule has 5 heteroatoms. The summed E-state index contributed by atoms with van der Waals surface area (Å²) in [7, 11) is 0. The summed E-state index contributed by atoms with van der Waals surface area (Å²) >= 11 is 0. The van der Waals surface area contributed by atoms with E-state index in [0.29, 0.717) is 23.2 Å². The molecule has 0 aliphatic carbocycles. The standard InChI is InChI=1S/C8H10N4O/c1-4-3-9-6-7(10-4)11-5(2)12-8(6)13/h4H,3H2,1-2H3,(H,10,11,12,13). The Balaban J connectivity index is 2.88. The first kappa shape index (κ1) is 8.10. The minimum absolute atomic E-state index is 0.126. The first-order valence-corrected chi connectivity index (χ1v) is 4.16. The molecule has 0 fully saturated rings. The molecule has 1 unspecified atom stereocenters. The van der Waals surface area contributed by atoms with Crippen molar-refractivity contribution in [1.82, 2.24) is 9.97 Å². The van der Waals surface area contributed by atoms with Crippen LogP contribution in [0.1, 0.15) is 12.7 Å². The van der Waals surface area contributed by atoms with Gasteiger partial charge in [-0.3, -0.25) is 14.8 Å². The molecule has 0 bridgehead atoms. The minimum Gasteiger partial charge on any atom is -0.309 e. The van der Waals surface area contributed by atoms with E-state index in [0.717, 1.165) is 0 Å². The molecule has 5 nitrogen and oxygen atoms in total. The highest BCUT2D eigenvalue weighted by Crippen LogP contribution is 1.88. The van der Waals surface area contributed by atoms with Crippen molar-refractivity contribution < 1.29 is 0 Å². The molecular formula is C8H10N4O. The van der Waals surface area contributed by atoms with Crippen LogP contribution in [0.5, 0.6) is 0 Å². The molecule has 1 atom stereocenters. The van der Waals surface area contributed by atoms with Crippen LogP contribution in [0.2, 0.25) is 0 Å². The summed E-state index contributed by atoms with van der Waals surface area (Å²) < 4.78 is 0. The van der Waals surface area contributed by atoms with E-state index in [-0.39, 0.29) is 11.6 Å². The van der Waals surface area contributed by atoms with Gasteiger partial charge in [-0.15, -0.1) is 0 Å². The largest absolute Gasteiger partial charge is 0.309 e. The molecule has 2 heterocycles. The Bertz CT molecular complexity index is 502. The molecule has 0 saturated heterocycles. The second kappa shape index (κ2) is 2.76. The Morgan fingerprint density at radius 3 is 3.08 bits per heavy atom. The van der Waals surface area contributed by atoms with Gasteiger partial charge in [-0.2, -0.15) is 0 Å². The number of aryl methyl sites for hydroxylation is 1. The molecule has 1 aromatic rings. The van der Waals surface area contributed by atoms with Crippen molar-refractivity contribution in [2.24, 2.45) is 9.98 Å². The number of rotatable bonds is 0. The van der Waals surface area contributed by atoms with Gasteiger partial charge >= 0.3 is 0 Å². The number of nitrogens with one attached hydrogen (secondary N) is 1. The molecule has 0 spiro atoms. The third-order valence-corrected chi connectivity index (χ3v) is 1.85. The number of hydrogen-bond acceptors (Lipinski definition) is 4. The fraction of sp³-hybridized carbons (Fsp3) is 0.500. The monoisotopic (exact) mass is 178 g/mol. The lowest BCUT2D eigenvalue weighted by atomic mass is 10.3. The van der Waals surface area contributed by atoms with Gasteiger partial charge in [-0.25, -0.2) is 4.98 Å². The van der Waals surface area contributed by atoms with Gasteiger partial charge in [0.05, 0.1) is 12.6 Å². The predicted octanol–water partition coefficient (Wildman–Crippen LogP) is -1.28. The molecule has 0 radical (unpaired) electrons. The Morgan fingerprint density at radius 2 is 2.31 bits per heavy atom. The number of nitrogens with zero attached hydrogens (tertiary/aromatic N) is 3. The van der Waals surface area contributed by atoms with Crippen LogP contribution >= 0.6 is 0 Å². The molecule has 2 rings (SSSR count). The lowest BCUT2D eigenvalue weighted by molar-refractivity contribution is 0.667. The fourth-order valence-electron chi connectivity index (χ4n) is 1.27. The Labute approximate surface area is 74.3 Å². The molecule has 13 heavy (non-hydrogen) atoms. The number of aromatic amines is 1. The first-order valence-electron chi connectivity index (χ1n) is 4.16. The summed E-state index contributed by atoms with van der Waals surface area (Å²) in [4.78, 5) is 26.4. The second-order valence-electron chi connectivity index (χ2n) is 3.14. The highest BCUT2D eigenvalue weighted by Gasteiger charge is 2.07. The van der Waals surface area contributed by atoms with Crippen molar-refractivity contribution >= 4 is 0 Å². The number of hydrogen-bond donors (Lipinski definition) is 1. The van der Waals surface area contributed by atoms with Gasteiger partial charge < -0.3 is 4.98 Å². The SMILES string of the molecule is Cc1nc2c(c(=O)[nH]1)=NCC(C)N=2. The van der Waals surface area contributed by atoms with Crippen molar-refractivity contribution in [3.8, 4) is 0 Å². The summed E-state index contributed by atoms with van der Waals surface area (Å²) in [6.45, 7) is 4.25. The molecule has 0 amide bonds. The average molecular weight is 178 g/mol.